The second-order valence-electron chi connectivity index (χ2n) is 5.47. The molecule has 0 amide bonds. The van der Waals surface area contributed by atoms with Crippen molar-refractivity contribution < 1.29 is 14.3 Å². The number of carbonyl (C=O) groups is 1. The highest BCUT2D eigenvalue weighted by Crippen LogP contribution is 2.22. The number of fused-ring (bicyclic) bond motifs is 1. The smallest absolute Gasteiger partial charge is 0.310 e. The van der Waals surface area contributed by atoms with E-state index >= 15 is 0 Å². The van der Waals surface area contributed by atoms with Gasteiger partial charge in [-0.2, -0.15) is 0 Å². The van der Waals surface area contributed by atoms with E-state index in [-0.39, 0.29) is 5.97 Å². The van der Waals surface area contributed by atoms with Gasteiger partial charge in [0.2, 0.25) is 0 Å². The van der Waals surface area contributed by atoms with Crippen LogP contribution in [0.15, 0.2) is 36.4 Å². The summed E-state index contributed by atoms with van der Waals surface area (Å²) in [6.45, 7) is 7.40. The molecule has 0 atom stereocenters. The van der Waals surface area contributed by atoms with Crippen molar-refractivity contribution in [1.82, 2.24) is 4.90 Å². The van der Waals surface area contributed by atoms with Gasteiger partial charge in [-0.1, -0.05) is 38.1 Å². The Morgan fingerprint density at radius 1 is 1.04 bits per heavy atom. The van der Waals surface area contributed by atoms with Crippen LogP contribution in [0.3, 0.4) is 0 Å². The van der Waals surface area contributed by atoms with Crippen molar-refractivity contribution in [2.45, 2.75) is 20.3 Å². The number of esters is 1. The normalized spacial score (nSPS) is 11.0. The molecule has 0 heterocycles. The van der Waals surface area contributed by atoms with Crippen molar-refractivity contribution in [3.63, 3.8) is 0 Å². The molecule has 0 aliphatic heterocycles. The number of rotatable bonds is 8. The predicted molar refractivity (Wildman–Crippen MR) is 93.0 cm³/mol. The summed E-state index contributed by atoms with van der Waals surface area (Å²) in [6, 6.07) is 11.9. The lowest BCUT2D eigenvalue weighted by atomic mass is 10.0. The lowest BCUT2D eigenvalue weighted by molar-refractivity contribution is -0.143. The molecule has 4 nitrogen and oxygen atoms in total. The van der Waals surface area contributed by atoms with Crippen LogP contribution in [0.2, 0.25) is 0 Å². The highest BCUT2D eigenvalue weighted by atomic mass is 16.5. The van der Waals surface area contributed by atoms with Gasteiger partial charge < -0.3 is 14.4 Å². The van der Waals surface area contributed by atoms with Crippen LogP contribution in [0.5, 0.6) is 5.75 Å². The maximum Gasteiger partial charge on any atom is 0.310 e. The van der Waals surface area contributed by atoms with Crippen LogP contribution in [-0.2, 0) is 16.0 Å². The molecule has 0 aromatic heterocycles. The van der Waals surface area contributed by atoms with E-state index in [0.29, 0.717) is 13.0 Å². The molecule has 0 saturated carbocycles. The third-order valence-electron chi connectivity index (χ3n) is 4.03. The van der Waals surface area contributed by atoms with E-state index in [1.165, 1.54) is 0 Å². The van der Waals surface area contributed by atoms with Crippen LogP contribution in [0.1, 0.15) is 19.4 Å². The van der Waals surface area contributed by atoms with Crippen molar-refractivity contribution in [1.29, 1.82) is 0 Å². The molecule has 0 fully saturated rings. The summed E-state index contributed by atoms with van der Waals surface area (Å²) < 4.78 is 10.5. The van der Waals surface area contributed by atoms with Crippen LogP contribution in [-0.4, -0.2) is 44.2 Å². The Kier molecular flexibility index (Phi) is 6.41. The number of carbonyl (C=O) groups excluding carboxylic acids is 1. The fraction of sp³-hybridized carbons (Fsp3) is 0.421. The molecule has 0 spiro atoms. The molecular formula is C19H25NO3. The van der Waals surface area contributed by atoms with E-state index in [4.69, 9.17) is 9.47 Å². The molecule has 124 valence electrons. The molecule has 2 rings (SSSR count). The molecular weight excluding hydrogens is 290 g/mol. The van der Waals surface area contributed by atoms with Gasteiger partial charge in [0.25, 0.3) is 0 Å². The highest BCUT2D eigenvalue weighted by molar-refractivity contribution is 5.85. The first-order valence-corrected chi connectivity index (χ1v) is 8.11. The number of benzene rings is 2. The number of methoxy groups -OCH3 is 1. The Bertz CT molecular complexity index is 650. The first-order valence-electron chi connectivity index (χ1n) is 8.11. The van der Waals surface area contributed by atoms with Gasteiger partial charge in [-0.3, -0.25) is 4.79 Å². The zero-order valence-electron chi connectivity index (χ0n) is 14.2. The highest BCUT2D eigenvalue weighted by Gasteiger charge is 2.07. The standard InChI is InChI=1S/C19H25NO3/c1-4-20(5-2)10-11-23-19(21)13-15-6-7-17-14-18(22-3)9-8-16(17)12-15/h6-9,12,14H,4-5,10-11,13H2,1-3H3. The van der Waals surface area contributed by atoms with E-state index in [0.717, 1.165) is 41.7 Å². The molecule has 0 bridgehead atoms. The lowest BCUT2D eigenvalue weighted by Gasteiger charge is -2.17. The Morgan fingerprint density at radius 3 is 2.43 bits per heavy atom. The van der Waals surface area contributed by atoms with E-state index in [9.17, 15) is 4.79 Å². The number of hydrogen-bond donors (Lipinski definition) is 0. The Balaban J connectivity index is 1.92. The van der Waals surface area contributed by atoms with E-state index in [1.54, 1.807) is 7.11 Å². The predicted octanol–water partition coefficient (Wildman–Crippen LogP) is 3.28. The van der Waals surface area contributed by atoms with Crippen molar-refractivity contribution in [3.8, 4) is 5.75 Å². The molecule has 23 heavy (non-hydrogen) atoms. The Hall–Kier alpha value is -2.07. The lowest BCUT2D eigenvalue weighted by Crippen LogP contribution is -2.28. The van der Waals surface area contributed by atoms with Gasteiger partial charge in [-0.25, -0.2) is 0 Å². The molecule has 2 aromatic carbocycles. The van der Waals surface area contributed by atoms with Gasteiger partial charge in [0.05, 0.1) is 13.5 Å². The molecule has 0 N–H and O–H groups in total. The van der Waals surface area contributed by atoms with Crippen LogP contribution in [0, 0.1) is 0 Å². The second kappa shape index (κ2) is 8.53. The van der Waals surface area contributed by atoms with Gasteiger partial charge in [0, 0.05) is 6.54 Å². The maximum atomic E-state index is 11.9. The quantitative estimate of drug-likeness (QED) is 0.701. The Labute approximate surface area is 138 Å². The summed E-state index contributed by atoms with van der Waals surface area (Å²) >= 11 is 0. The molecule has 4 heteroatoms. The summed E-state index contributed by atoms with van der Waals surface area (Å²) in [6.07, 6.45) is 0.306. The molecule has 0 saturated heterocycles. The first-order chi connectivity index (χ1) is 11.2. The third-order valence-corrected chi connectivity index (χ3v) is 4.03. The number of ether oxygens (including phenoxy) is 2. The van der Waals surface area contributed by atoms with Crippen molar-refractivity contribution in [3.05, 3.63) is 42.0 Å². The molecule has 2 aromatic rings. The number of hydrogen-bond acceptors (Lipinski definition) is 4. The van der Waals surface area contributed by atoms with Gasteiger partial charge in [-0.15, -0.1) is 0 Å². The van der Waals surface area contributed by atoms with Crippen LogP contribution in [0.25, 0.3) is 10.8 Å². The average Bonchev–Trinajstić information content (AvgIpc) is 2.58. The van der Waals surface area contributed by atoms with Gasteiger partial charge >= 0.3 is 5.97 Å². The number of nitrogens with zero attached hydrogens (tertiary/aromatic N) is 1. The summed E-state index contributed by atoms with van der Waals surface area (Å²) in [5.41, 5.74) is 0.968. The fourth-order valence-corrected chi connectivity index (χ4v) is 2.56. The first kappa shape index (κ1) is 17.3. The molecule has 0 aliphatic carbocycles. The van der Waals surface area contributed by atoms with Gasteiger partial charge in [0.1, 0.15) is 12.4 Å². The SMILES string of the molecule is CCN(CC)CCOC(=O)Cc1ccc2cc(OC)ccc2c1. The van der Waals surface area contributed by atoms with E-state index < -0.39 is 0 Å². The minimum Gasteiger partial charge on any atom is -0.497 e. The number of likely N-dealkylation sites (N-methyl/N-ethyl adjacent to an activating group) is 1. The minimum atomic E-state index is -0.176. The van der Waals surface area contributed by atoms with Crippen molar-refractivity contribution >= 4 is 16.7 Å². The Morgan fingerprint density at radius 2 is 1.74 bits per heavy atom. The van der Waals surface area contributed by atoms with E-state index in [2.05, 4.69) is 18.7 Å². The molecule has 0 radical (unpaired) electrons. The van der Waals surface area contributed by atoms with Gasteiger partial charge in [-0.05, 0) is 41.6 Å². The minimum absolute atomic E-state index is 0.176. The topological polar surface area (TPSA) is 38.8 Å². The van der Waals surface area contributed by atoms with Crippen molar-refractivity contribution in [2.75, 3.05) is 33.4 Å². The molecule has 0 aliphatic rings. The van der Waals surface area contributed by atoms with Crippen LogP contribution >= 0.6 is 0 Å². The average molecular weight is 315 g/mol. The van der Waals surface area contributed by atoms with Gasteiger partial charge in [0.15, 0.2) is 0 Å². The largest absolute Gasteiger partial charge is 0.497 e. The summed E-state index contributed by atoms with van der Waals surface area (Å²) in [5, 5.41) is 2.20. The summed E-state index contributed by atoms with van der Waals surface area (Å²) in [5.74, 6) is 0.658. The summed E-state index contributed by atoms with van der Waals surface area (Å²) in [7, 11) is 1.66. The fourth-order valence-electron chi connectivity index (χ4n) is 2.56. The summed E-state index contributed by atoms with van der Waals surface area (Å²) in [4.78, 5) is 14.2. The monoisotopic (exact) mass is 315 g/mol. The van der Waals surface area contributed by atoms with Crippen LogP contribution < -0.4 is 4.74 Å². The molecule has 0 unspecified atom stereocenters. The second-order valence-corrected chi connectivity index (χ2v) is 5.47. The maximum absolute atomic E-state index is 11.9. The zero-order valence-corrected chi connectivity index (χ0v) is 14.2. The van der Waals surface area contributed by atoms with Crippen LogP contribution in [0.4, 0.5) is 0 Å². The third kappa shape index (κ3) is 4.96. The zero-order chi connectivity index (χ0) is 16.7. The van der Waals surface area contributed by atoms with Crippen molar-refractivity contribution in [2.24, 2.45) is 0 Å². The van der Waals surface area contributed by atoms with E-state index in [1.807, 2.05) is 36.4 Å².